The fourth-order valence-corrected chi connectivity index (χ4v) is 4.40. The minimum absolute atomic E-state index is 0.0752. The maximum absolute atomic E-state index is 12.9. The van der Waals surface area contributed by atoms with E-state index in [0.717, 1.165) is 46.7 Å². The first-order valence-corrected chi connectivity index (χ1v) is 10.2. The second kappa shape index (κ2) is 8.24. The molecule has 1 aliphatic heterocycles. The number of methoxy groups -OCH3 is 2. The second-order valence-electron chi connectivity index (χ2n) is 6.85. The molecule has 1 atom stereocenters. The number of thiophene rings is 1. The van der Waals surface area contributed by atoms with Crippen molar-refractivity contribution >= 4 is 27.5 Å². The van der Waals surface area contributed by atoms with Gasteiger partial charge in [0.15, 0.2) is 0 Å². The van der Waals surface area contributed by atoms with Gasteiger partial charge in [0, 0.05) is 25.8 Å². The van der Waals surface area contributed by atoms with Crippen LogP contribution in [-0.4, -0.2) is 43.9 Å². The van der Waals surface area contributed by atoms with Gasteiger partial charge in [-0.2, -0.15) is 0 Å². The molecule has 0 radical (unpaired) electrons. The van der Waals surface area contributed by atoms with Crippen LogP contribution < -0.4 is 14.8 Å². The molecule has 0 unspecified atom stereocenters. The van der Waals surface area contributed by atoms with Gasteiger partial charge in [-0.3, -0.25) is 4.79 Å². The van der Waals surface area contributed by atoms with Crippen LogP contribution in [0, 0.1) is 0 Å². The predicted molar refractivity (Wildman–Crippen MR) is 110 cm³/mol. The Morgan fingerprint density at radius 1 is 1.25 bits per heavy atom. The first kappa shape index (κ1) is 18.8. The van der Waals surface area contributed by atoms with Crippen LogP contribution in [0.2, 0.25) is 0 Å². The zero-order valence-corrected chi connectivity index (χ0v) is 16.9. The fourth-order valence-electron chi connectivity index (χ4n) is 3.58. The first-order chi connectivity index (χ1) is 13.7. The number of hydrogen-bond donors (Lipinski definition) is 1. The summed E-state index contributed by atoms with van der Waals surface area (Å²) in [7, 11) is 3.27. The SMILES string of the molecule is COc1cc(Cn2c(C(=O)NC[C@@H]3CCCO3)cc3sccc32)cc(OC)c1. The summed E-state index contributed by atoms with van der Waals surface area (Å²) in [5.74, 6) is 1.38. The van der Waals surface area contributed by atoms with Gasteiger partial charge in [0.25, 0.3) is 5.91 Å². The van der Waals surface area contributed by atoms with Crippen LogP contribution in [0.25, 0.3) is 10.2 Å². The van der Waals surface area contributed by atoms with E-state index in [9.17, 15) is 4.79 Å². The summed E-state index contributed by atoms with van der Waals surface area (Å²) in [6.45, 7) is 1.88. The number of rotatable bonds is 7. The minimum Gasteiger partial charge on any atom is -0.497 e. The number of ether oxygens (including phenoxy) is 3. The zero-order chi connectivity index (χ0) is 19.5. The Morgan fingerprint density at radius 3 is 2.71 bits per heavy atom. The topological polar surface area (TPSA) is 61.7 Å². The van der Waals surface area contributed by atoms with Crippen molar-refractivity contribution in [3.05, 3.63) is 47.0 Å². The van der Waals surface area contributed by atoms with E-state index in [4.69, 9.17) is 14.2 Å². The molecule has 1 amide bonds. The van der Waals surface area contributed by atoms with Crippen LogP contribution in [0.3, 0.4) is 0 Å². The molecule has 1 fully saturated rings. The van der Waals surface area contributed by atoms with E-state index in [0.29, 0.717) is 18.8 Å². The van der Waals surface area contributed by atoms with E-state index in [1.807, 2.05) is 40.3 Å². The zero-order valence-electron chi connectivity index (χ0n) is 16.1. The molecule has 1 N–H and O–H groups in total. The van der Waals surface area contributed by atoms with Gasteiger partial charge in [-0.25, -0.2) is 0 Å². The van der Waals surface area contributed by atoms with Crippen molar-refractivity contribution in [1.29, 1.82) is 0 Å². The van der Waals surface area contributed by atoms with Gasteiger partial charge in [0.1, 0.15) is 17.2 Å². The van der Waals surface area contributed by atoms with Gasteiger partial charge < -0.3 is 24.1 Å². The number of hydrogen-bond acceptors (Lipinski definition) is 5. The van der Waals surface area contributed by atoms with Gasteiger partial charge >= 0.3 is 0 Å². The number of carbonyl (C=O) groups is 1. The van der Waals surface area contributed by atoms with Crippen LogP contribution in [-0.2, 0) is 11.3 Å². The van der Waals surface area contributed by atoms with Crippen molar-refractivity contribution in [1.82, 2.24) is 9.88 Å². The maximum atomic E-state index is 12.9. The molecular weight excluding hydrogens is 376 g/mol. The third kappa shape index (κ3) is 3.86. The summed E-state index contributed by atoms with van der Waals surface area (Å²) in [6, 6.07) is 9.79. The van der Waals surface area contributed by atoms with Gasteiger partial charge in [-0.05, 0) is 48.1 Å². The molecular formula is C21H24N2O4S. The summed E-state index contributed by atoms with van der Waals surface area (Å²) >= 11 is 1.63. The highest BCUT2D eigenvalue weighted by Crippen LogP contribution is 2.28. The number of aromatic nitrogens is 1. The summed E-state index contributed by atoms with van der Waals surface area (Å²) in [5.41, 5.74) is 2.71. The average Bonchev–Trinajstić information content (AvgIpc) is 3.45. The molecule has 0 spiro atoms. The largest absolute Gasteiger partial charge is 0.497 e. The molecule has 2 aromatic heterocycles. The number of nitrogens with one attached hydrogen (secondary N) is 1. The van der Waals surface area contributed by atoms with Crippen LogP contribution >= 0.6 is 11.3 Å². The lowest BCUT2D eigenvalue weighted by molar-refractivity contribution is 0.0851. The third-order valence-corrected chi connectivity index (χ3v) is 5.87. The third-order valence-electron chi connectivity index (χ3n) is 5.02. The maximum Gasteiger partial charge on any atom is 0.268 e. The van der Waals surface area contributed by atoms with Crippen LogP contribution in [0.15, 0.2) is 35.7 Å². The smallest absolute Gasteiger partial charge is 0.268 e. The van der Waals surface area contributed by atoms with Crippen molar-refractivity contribution < 1.29 is 19.0 Å². The number of benzene rings is 1. The van der Waals surface area contributed by atoms with Crippen molar-refractivity contribution in [2.75, 3.05) is 27.4 Å². The molecule has 148 valence electrons. The summed E-state index contributed by atoms with van der Waals surface area (Å²) < 4.78 is 19.5. The molecule has 7 heteroatoms. The van der Waals surface area contributed by atoms with Crippen LogP contribution in [0.1, 0.15) is 28.9 Å². The van der Waals surface area contributed by atoms with Gasteiger partial charge in [0.05, 0.1) is 30.5 Å². The highest BCUT2D eigenvalue weighted by atomic mass is 32.1. The minimum atomic E-state index is -0.0752. The standard InChI is InChI=1S/C21H24N2O4S/c1-25-16-8-14(9-17(10-16)26-2)13-23-18-5-7-28-20(18)11-19(23)21(24)22-12-15-4-3-6-27-15/h5,7-11,15H,3-4,6,12-13H2,1-2H3,(H,22,24)/t15-/m0/s1. The highest BCUT2D eigenvalue weighted by molar-refractivity contribution is 7.17. The Balaban J connectivity index is 1.61. The second-order valence-corrected chi connectivity index (χ2v) is 7.80. The summed E-state index contributed by atoms with van der Waals surface area (Å²) in [4.78, 5) is 12.9. The average molecular weight is 401 g/mol. The summed E-state index contributed by atoms with van der Waals surface area (Å²) in [6.07, 6.45) is 2.18. The molecule has 4 rings (SSSR count). The Labute approximate surface area is 168 Å². The Bertz CT molecular complexity index is 950. The lowest BCUT2D eigenvalue weighted by Crippen LogP contribution is -2.33. The molecule has 1 aliphatic rings. The van der Waals surface area contributed by atoms with E-state index in [1.165, 1.54) is 0 Å². The molecule has 1 aromatic carbocycles. The lowest BCUT2D eigenvalue weighted by atomic mass is 10.2. The van der Waals surface area contributed by atoms with E-state index in [1.54, 1.807) is 25.6 Å². The molecule has 3 heterocycles. The molecule has 3 aromatic rings. The molecule has 6 nitrogen and oxygen atoms in total. The highest BCUT2D eigenvalue weighted by Gasteiger charge is 2.20. The van der Waals surface area contributed by atoms with E-state index >= 15 is 0 Å². The first-order valence-electron chi connectivity index (χ1n) is 9.36. The lowest BCUT2D eigenvalue weighted by Gasteiger charge is -2.14. The monoisotopic (exact) mass is 400 g/mol. The van der Waals surface area contributed by atoms with Crippen molar-refractivity contribution in [3.63, 3.8) is 0 Å². The number of amides is 1. The molecule has 0 bridgehead atoms. The molecule has 0 saturated carbocycles. The van der Waals surface area contributed by atoms with Crippen LogP contribution in [0.4, 0.5) is 0 Å². The van der Waals surface area contributed by atoms with Gasteiger partial charge in [0.2, 0.25) is 0 Å². The van der Waals surface area contributed by atoms with E-state index in [2.05, 4.69) is 5.32 Å². The number of nitrogens with zero attached hydrogens (tertiary/aromatic N) is 1. The number of carbonyl (C=O) groups excluding carboxylic acids is 1. The Hall–Kier alpha value is -2.51. The number of fused-ring (bicyclic) bond motifs is 1. The van der Waals surface area contributed by atoms with Gasteiger partial charge in [-0.1, -0.05) is 0 Å². The predicted octanol–water partition coefficient (Wildman–Crippen LogP) is 3.68. The molecule has 1 saturated heterocycles. The quantitative estimate of drug-likeness (QED) is 0.657. The fraction of sp³-hybridized carbons (Fsp3) is 0.381. The van der Waals surface area contributed by atoms with Crippen molar-refractivity contribution in [3.8, 4) is 11.5 Å². The van der Waals surface area contributed by atoms with E-state index < -0.39 is 0 Å². The Morgan fingerprint density at radius 2 is 2.04 bits per heavy atom. The van der Waals surface area contributed by atoms with Crippen molar-refractivity contribution in [2.45, 2.75) is 25.5 Å². The van der Waals surface area contributed by atoms with E-state index in [-0.39, 0.29) is 12.0 Å². The normalized spacial score (nSPS) is 16.4. The van der Waals surface area contributed by atoms with Crippen LogP contribution in [0.5, 0.6) is 11.5 Å². The van der Waals surface area contributed by atoms with Gasteiger partial charge in [-0.15, -0.1) is 11.3 Å². The molecule has 28 heavy (non-hydrogen) atoms. The molecule has 0 aliphatic carbocycles. The Kier molecular flexibility index (Phi) is 5.54. The van der Waals surface area contributed by atoms with Crippen molar-refractivity contribution in [2.24, 2.45) is 0 Å². The summed E-state index contributed by atoms with van der Waals surface area (Å²) in [5, 5.41) is 5.08.